The topological polar surface area (TPSA) is 135 Å². The van der Waals surface area contributed by atoms with Crippen LogP contribution in [0.15, 0.2) is 23.1 Å². The van der Waals surface area contributed by atoms with Crippen molar-refractivity contribution in [3.8, 4) is 6.07 Å². The van der Waals surface area contributed by atoms with Crippen molar-refractivity contribution in [2.75, 3.05) is 32.3 Å². The van der Waals surface area contributed by atoms with E-state index in [1.54, 1.807) is 27.8 Å². The number of amides is 1. The molecular weight excluding hydrogens is 410 g/mol. The molecule has 1 heterocycles. The Balaban J connectivity index is 2.08. The maximum absolute atomic E-state index is 13.1. The van der Waals surface area contributed by atoms with Crippen molar-refractivity contribution in [1.29, 1.82) is 5.26 Å². The van der Waals surface area contributed by atoms with E-state index in [1.807, 2.05) is 6.07 Å². The minimum Gasteiger partial charge on any atom is -0.444 e. The Hall–Kier alpha value is -2.39. The highest BCUT2D eigenvalue weighted by molar-refractivity contribution is 7.89. The fourth-order valence-corrected chi connectivity index (χ4v) is 4.48. The van der Waals surface area contributed by atoms with Crippen LogP contribution < -0.4 is 10.7 Å². The van der Waals surface area contributed by atoms with Gasteiger partial charge in [-0.3, -0.25) is 0 Å². The molecule has 0 spiro atoms. The average molecular weight is 440 g/mol. The lowest BCUT2D eigenvalue weighted by atomic mass is 10.1. The summed E-state index contributed by atoms with van der Waals surface area (Å²) in [6.45, 7) is 5.52. The Labute approximate surface area is 177 Å². The number of carbonyl (C=O) groups excluding carboxylic acids is 1. The molecule has 0 radical (unpaired) electrons. The van der Waals surface area contributed by atoms with Crippen LogP contribution in [0.25, 0.3) is 0 Å². The number of piperidine rings is 1. The summed E-state index contributed by atoms with van der Waals surface area (Å²) in [4.78, 5) is 12.0. The lowest BCUT2D eigenvalue weighted by Crippen LogP contribution is -2.47. The second kappa shape index (κ2) is 9.61. The van der Waals surface area contributed by atoms with E-state index < -0.39 is 21.7 Å². The molecule has 3 N–H and O–H groups in total. The maximum atomic E-state index is 13.1. The van der Waals surface area contributed by atoms with E-state index in [9.17, 15) is 18.5 Å². The van der Waals surface area contributed by atoms with Crippen LogP contribution in [0.5, 0.6) is 0 Å². The summed E-state index contributed by atoms with van der Waals surface area (Å²) in [6, 6.07) is 6.03. The quantitative estimate of drug-likeness (QED) is 0.448. The molecule has 11 heteroatoms. The first kappa shape index (κ1) is 23.9. The zero-order chi connectivity index (χ0) is 22.5. The number of nitrogens with zero attached hydrogens (tertiary/aromatic N) is 3. The number of benzene rings is 1. The summed E-state index contributed by atoms with van der Waals surface area (Å²) in [5.41, 5.74) is 2.74. The van der Waals surface area contributed by atoms with Gasteiger partial charge >= 0.3 is 6.09 Å². The molecular formula is C19H29N5O5S. The molecule has 0 aromatic heterocycles. The van der Waals surface area contributed by atoms with Gasteiger partial charge in [0.1, 0.15) is 18.4 Å². The van der Waals surface area contributed by atoms with Crippen molar-refractivity contribution in [3.63, 3.8) is 0 Å². The molecule has 2 rings (SSSR count). The number of nitrogens with one attached hydrogen (secondary N) is 2. The van der Waals surface area contributed by atoms with Crippen molar-refractivity contribution in [1.82, 2.24) is 14.6 Å². The first-order valence-electron chi connectivity index (χ1n) is 9.58. The Bertz CT molecular complexity index is 899. The standard InChI is InChI=1S/C19H29N5O5S/c1-19(2,3)29-18(26)21-15-7-9-24(10-8-15)30(27,28)16-6-5-14(12-20)17(11-16)22-23(4)13-25/h5-6,11,15,22,25H,7-10,13H2,1-4H3,(H,21,26). The van der Waals surface area contributed by atoms with E-state index in [0.29, 0.717) is 12.8 Å². The van der Waals surface area contributed by atoms with Gasteiger partial charge in [0.25, 0.3) is 0 Å². The van der Waals surface area contributed by atoms with E-state index >= 15 is 0 Å². The van der Waals surface area contributed by atoms with Crippen LogP contribution in [0.4, 0.5) is 10.5 Å². The smallest absolute Gasteiger partial charge is 0.407 e. The molecule has 0 saturated carbocycles. The number of hydrogen-bond acceptors (Lipinski definition) is 8. The molecule has 30 heavy (non-hydrogen) atoms. The fraction of sp³-hybridized carbons (Fsp3) is 0.579. The monoisotopic (exact) mass is 439 g/mol. The normalized spacial score (nSPS) is 16.2. The van der Waals surface area contributed by atoms with Gasteiger partial charge in [-0.15, -0.1) is 0 Å². The van der Waals surface area contributed by atoms with Gasteiger partial charge in [-0.2, -0.15) is 9.57 Å². The molecule has 1 aromatic rings. The van der Waals surface area contributed by atoms with Crippen molar-refractivity contribution >= 4 is 21.8 Å². The lowest BCUT2D eigenvalue weighted by Gasteiger charge is -2.32. The highest BCUT2D eigenvalue weighted by atomic mass is 32.2. The van der Waals surface area contributed by atoms with Crippen LogP contribution in [0, 0.1) is 11.3 Å². The SMILES string of the molecule is CN(CO)Nc1cc(S(=O)(=O)N2CCC(NC(=O)OC(C)(C)C)CC2)ccc1C#N. The number of aliphatic hydroxyl groups is 1. The Morgan fingerprint density at radius 3 is 2.53 bits per heavy atom. The third kappa shape index (κ3) is 6.30. The first-order chi connectivity index (χ1) is 14.0. The lowest BCUT2D eigenvalue weighted by molar-refractivity contribution is 0.0489. The number of ether oxygens (including phenoxy) is 1. The maximum Gasteiger partial charge on any atom is 0.407 e. The third-order valence-electron chi connectivity index (χ3n) is 4.45. The fourth-order valence-electron chi connectivity index (χ4n) is 2.98. The zero-order valence-corrected chi connectivity index (χ0v) is 18.5. The van der Waals surface area contributed by atoms with E-state index in [2.05, 4.69) is 10.7 Å². The summed E-state index contributed by atoms with van der Waals surface area (Å²) in [7, 11) is -2.21. The molecule has 1 aromatic carbocycles. The molecule has 0 atom stereocenters. The number of alkyl carbamates (subject to hydrolysis) is 1. The molecule has 1 fully saturated rings. The van der Waals surface area contributed by atoms with Gasteiger partial charge in [0.15, 0.2) is 0 Å². The number of rotatable bonds is 6. The van der Waals surface area contributed by atoms with Crippen molar-refractivity contribution < 1.29 is 23.1 Å². The predicted octanol–water partition coefficient (Wildman–Crippen LogP) is 1.44. The number of carbonyl (C=O) groups is 1. The van der Waals surface area contributed by atoms with Crippen LogP contribution in [0.2, 0.25) is 0 Å². The van der Waals surface area contributed by atoms with Gasteiger partial charge in [0.2, 0.25) is 10.0 Å². The molecule has 1 amide bonds. The van der Waals surface area contributed by atoms with Crippen LogP contribution in [-0.4, -0.2) is 67.4 Å². The first-order valence-corrected chi connectivity index (χ1v) is 11.0. The van der Waals surface area contributed by atoms with Crippen LogP contribution in [0.1, 0.15) is 39.2 Å². The largest absolute Gasteiger partial charge is 0.444 e. The van der Waals surface area contributed by atoms with Gasteiger partial charge in [-0.25, -0.2) is 18.2 Å². The number of anilines is 1. The molecule has 166 valence electrons. The van der Waals surface area contributed by atoms with Crippen LogP contribution in [0.3, 0.4) is 0 Å². The van der Waals surface area contributed by atoms with Gasteiger partial charge < -0.3 is 20.6 Å². The minimum atomic E-state index is -3.77. The Morgan fingerprint density at radius 1 is 1.37 bits per heavy atom. The molecule has 0 unspecified atom stereocenters. The van der Waals surface area contributed by atoms with E-state index in [-0.39, 0.29) is 42.0 Å². The molecule has 0 bridgehead atoms. The van der Waals surface area contributed by atoms with E-state index in [0.717, 1.165) is 0 Å². The number of aliphatic hydroxyl groups excluding tert-OH is 1. The number of nitriles is 1. The number of hydrazine groups is 1. The number of sulfonamides is 1. The predicted molar refractivity (Wildman–Crippen MR) is 111 cm³/mol. The van der Waals surface area contributed by atoms with Gasteiger partial charge in [0, 0.05) is 26.2 Å². The molecule has 1 aliphatic heterocycles. The second-order valence-corrected chi connectivity index (χ2v) is 10.0. The Kier molecular flexibility index (Phi) is 7.65. The minimum absolute atomic E-state index is 0.0499. The third-order valence-corrected chi connectivity index (χ3v) is 6.34. The van der Waals surface area contributed by atoms with Crippen molar-refractivity contribution in [3.05, 3.63) is 23.8 Å². The zero-order valence-electron chi connectivity index (χ0n) is 17.7. The molecule has 1 saturated heterocycles. The number of hydrogen-bond donors (Lipinski definition) is 3. The summed E-state index contributed by atoms with van der Waals surface area (Å²) >= 11 is 0. The van der Waals surface area contributed by atoms with Crippen LogP contribution >= 0.6 is 0 Å². The highest BCUT2D eigenvalue weighted by Crippen LogP contribution is 2.25. The van der Waals surface area contributed by atoms with E-state index in [4.69, 9.17) is 9.84 Å². The van der Waals surface area contributed by atoms with Gasteiger partial charge in [-0.1, -0.05) is 0 Å². The Morgan fingerprint density at radius 2 is 2.00 bits per heavy atom. The highest BCUT2D eigenvalue weighted by Gasteiger charge is 2.31. The summed E-state index contributed by atoms with van der Waals surface area (Å²) in [6.07, 6.45) is 0.417. The molecule has 10 nitrogen and oxygen atoms in total. The molecule has 0 aliphatic carbocycles. The van der Waals surface area contributed by atoms with Crippen molar-refractivity contribution in [2.45, 2.75) is 50.2 Å². The van der Waals surface area contributed by atoms with Crippen molar-refractivity contribution in [2.24, 2.45) is 0 Å². The summed E-state index contributed by atoms with van der Waals surface area (Å²) < 4.78 is 32.7. The summed E-state index contributed by atoms with van der Waals surface area (Å²) in [5, 5.41) is 22.5. The second-order valence-electron chi connectivity index (χ2n) is 8.09. The van der Waals surface area contributed by atoms with E-state index in [1.165, 1.54) is 27.5 Å². The molecule has 1 aliphatic rings. The van der Waals surface area contributed by atoms with Gasteiger partial charge in [-0.05, 0) is 51.8 Å². The summed E-state index contributed by atoms with van der Waals surface area (Å²) in [5.74, 6) is 0. The average Bonchev–Trinajstić information content (AvgIpc) is 2.66. The van der Waals surface area contributed by atoms with Gasteiger partial charge in [0.05, 0.1) is 16.1 Å². The van der Waals surface area contributed by atoms with Crippen LogP contribution in [-0.2, 0) is 14.8 Å².